The third-order valence-electron chi connectivity index (χ3n) is 1.75. The summed E-state index contributed by atoms with van der Waals surface area (Å²) in [7, 11) is 1.63. The zero-order chi connectivity index (χ0) is 11.8. The first-order chi connectivity index (χ1) is 7.72. The fourth-order valence-electron chi connectivity index (χ4n) is 1.07. The van der Waals surface area contributed by atoms with Crippen LogP contribution in [-0.4, -0.2) is 43.4 Å². The molecule has 0 saturated heterocycles. The van der Waals surface area contributed by atoms with Crippen molar-refractivity contribution in [3.63, 3.8) is 0 Å². The maximum absolute atomic E-state index is 5.51. The van der Waals surface area contributed by atoms with Crippen LogP contribution in [0.15, 0.2) is 6.07 Å². The molecule has 0 fully saturated rings. The molecule has 7 heteroatoms. The van der Waals surface area contributed by atoms with Crippen molar-refractivity contribution in [3.8, 4) is 0 Å². The Morgan fingerprint density at radius 3 is 2.75 bits per heavy atom. The highest BCUT2D eigenvalue weighted by Crippen LogP contribution is 2.08. The van der Waals surface area contributed by atoms with E-state index in [1.165, 1.54) is 0 Å². The molecule has 0 atom stereocenters. The third-order valence-corrected chi connectivity index (χ3v) is 1.75. The van der Waals surface area contributed by atoms with Gasteiger partial charge in [-0.05, 0) is 0 Å². The van der Waals surface area contributed by atoms with E-state index in [9.17, 15) is 0 Å². The summed E-state index contributed by atoms with van der Waals surface area (Å²) in [5.74, 6) is 1.10. The molecule has 0 spiro atoms. The maximum atomic E-state index is 5.51. The van der Waals surface area contributed by atoms with Crippen LogP contribution in [0, 0.1) is 0 Å². The van der Waals surface area contributed by atoms with Crippen molar-refractivity contribution < 1.29 is 9.47 Å². The standard InChI is InChI=1S/C9H17N5O2/c1-15-4-5-16-3-2-12-8-6-7(10)13-9(11)14-8/h6H,2-5H2,1H3,(H5,10,11,12,13,14). The second-order valence-corrected chi connectivity index (χ2v) is 3.07. The second-order valence-electron chi connectivity index (χ2n) is 3.07. The minimum Gasteiger partial charge on any atom is -0.383 e. The van der Waals surface area contributed by atoms with Crippen LogP contribution in [-0.2, 0) is 9.47 Å². The molecule has 0 radical (unpaired) electrons. The van der Waals surface area contributed by atoms with Gasteiger partial charge in [-0.3, -0.25) is 0 Å². The van der Waals surface area contributed by atoms with Crippen molar-refractivity contribution in [3.05, 3.63) is 6.07 Å². The van der Waals surface area contributed by atoms with Crippen LogP contribution in [0.3, 0.4) is 0 Å². The molecule has 7 nitrogen and oxygen atoms in total. The number of nitrogen functional groups attached to an aromatic ring is 2. The summed E-state index contributed by atoms with van der Waals surface area (Å²) in [6, 6.07) is 1.62. The van der Waals surface area contributed by atoms with Crippen molar-refractivity contribution in [1.82, 2.24) is 9.97 Å². The van der Waals surface area contributed by atoms with Gasteiger partial charge in [-0.2, -0.15) is 9.97 Å². The van der Waals surface area contributed by atoms with Gasteiger partial charge in [-0.1, -0.05) is 0 Å². The van der Waals surface area contributed by atoms with Gasteiger partial charge in [0.25, 0.3) is 0 Å². The number of hydrogen-bond acceptors (Lipinski definition) is 7. The molecule has 0 amide bonds. The summed E-state index contributed by atoms with van der Waals surface area (Å²) >= 11 is 0. The molecule has 0 unspecified atom stereocenters. The van der Waals surface area contributed by atoms with Gasteiger partial charge in [0.15, 0.2) is 0 Å². The van der Waals surface area contributed by atoms with Crippen molar-refractivity contribution in [2.75, 3.05) is 50.3 Å². The lowest BCUT2D eigenvalue weighted by molar-refractivity contribution is 0.0759. The fourth-order valence-corrected chi connectivity index (χ4v) is 1.07. The van der Waals surface area contributed by atoms with E-state index in [1.807, 2.05) is 0 Å². The lowest BCUT2D eigenvalue weighted by atomic mass is 10.5. The molecule has 0 aliphatic rings. The predicted molar refractivity (Wildman–Crippen MR) is 62.0 cm³/mol. The summed E-state index contributed by atoms with van der Waals surface area (Å²) in [6.07, 6.45) is 0. The van der Waals surface area contributed by atoms with Gasteiger partial charge in [0.1, 0.15) is 11.6 Å². The Bertz CT molecular complexity index is 301. The molecular formula is C9H17N5O2. The van der Waals surface area contributed by atoms with Crippen LogP contribution in [0.2, 0.25) is 0 Å². The lowest BCUT2D eigenvalue weighted by Gasteiger charge is -2.07. The fraction of sp³-hybridized carbons (Fsp3) is 0.556. The second kappa shape index (κ2) is 6.81. The number of methoxy groups -OCH3 is 1. The summed E-state index contributed by atoms with van der Waals surface area (Å²) in [4.78, 5) is 7.72. The summed E-state index contributed by atoms with van der Waals surface area (Å²) in [6.45, 7) is 2.35. The van der Waals surface area contributed by atoms with E-state index < -0.39 is 0 Å². The van der Waals surface area contributed by atoms with Gasteiger partial charge in [-0.15, -0.1) is 0 Å². The van der Waals surface area contributed by atoms with Gasteiger partial charge in [0, 0.05) is 19.7 Å². The molecule has 0 saturated carbocycles. The first-order valence-corrected chi connectivity index (χ1v) is 4.93. The Morgan fingerprint density at radius 1 is 1.25 bits per heavy atom. The molecule has 1 aromatic heterocycles. The van der Waals surface area contributed by atoms with E-state index in [1.54, 1.807) is 13.2 Å². The Labute approximate surface area is 94.2 Å². The number of nitrogens with one attached hydrogen (secondary N) is 1. The number of anilines is 3. The summed E-state index contributed by atoms with van der Waals surface area (Å²) < 4.78 is 10.1. The molecular weight excluding hydrogens is 210 g/mol. The average molecular weight is 227 g/mol. The monoisotopic (exact) mass is 227 g/mol. The lowest BCUT2D eigenvalue weighted by Crippen LogP contribution is -2.13. The molecule has 0 aliphatic carbocycles. The molecule has 0 aliphatic heterocycles. The van der Waals surface area contributed by atoms with E-state index in [-0.39, 0.29) is 5.95 Å². The van der Waals surface area contributed by atoms with Gasteiger partial charge in [0.2, 0.25) is 5.95 Å². The van der Waals surface area contributed by atoms with Crippen LogP contribution in [0.5, 0.6) is 0 Å². The Balaban J connectivity index is 2.21. The number of rotatable bonds is 7. The summed E-state index contributed by atoms with van der Waals surface area (Å²) in [5, 5.41) is 3.03. The normalized spacial score (nSPS) is 10.3. The number of hydrogen-bond donors (Lipinski definition) is 3. The minimum atomic E-state index is 0.155. The number of ether oxygens (including phenoxy) is 2. The molecule has 0 aromatic carbocycles. The highest BCUT2D eigenvalue weighted by molar-refractivity contribution is 5.48. The van der Waals surface area contributed by atoms with E-state index in [0.717, 1.165) is 0 Å². The molecule has 90 valence electrons. The van der Waals surface area contributed by atoms with Crippen LogP contribution >= 0.6 is 0 Å². The first-order valence-electron chi connectivity index (χ1n) is 4.93. The van der Waals surface area contributed by atoms with E-state index >= 15 is 0 Å². The smallest absolute Gasteiger partial charge is 0.223 e. The summed E-state index contributed by atoms with van der Waals surface area (Å²) in [5.41, 5.74) is 10.9. The van der Waals surface area contributed by atoms with Gasteiger partial charge < -0.3 is 26.3 Å². The van der Waals surface area contributed by atoms with Gasteiger partial charge >= 0.3 is 0 Å². The highest BCUT2D eigenvalue weighted by Gasteiger charge is 1.98. The SMILES string of the molecule is COCCOCCNc1cc(N)nc(N)n1. The maximum Gasteiger partial charge on any atom is 0.223 e. The van der Waals surface area contributed by atoms with Gasteiger partial charge in [0.05, 0.1) is 19.8 Å². The van der Waals surface area contributed by atoms with E-state index in [4.69, 9.17) is 20.9 Å². The Hall–Kier alpha value is -1.60. The average Bonchev–Trinajstić information content (AvgIpc) is 2.22. The molecule has 1 aromatic rings. The van der Waals surface area contributed by atoms with Crippen LogP contribution in [0.4, 0.5) is 17.6 Å². The van der Waals surface area contributed by atoms with Gasteiger partial charge in [-0.25, -0.2) is 0 Å². The Morgan fingerprint density at radius 2 is 2.06 bits per heavy atom. The van der Waals surface area contributed by atoms with Crippen LogP contribution < -0.4 is 16.8 Å². The zero-order valence-electron chi connectivity index (χ0n) is 9.27. The Kier molecular flexibility index (Phi) is 5.30. The molecule has 0 bridgehead atoms. The number of aromatic nitrogens is 2. The van der Waals surface area contributed by atoms with Crippen molar-refractivity contribution in [2.24, 2.45) is 0 Å². The van der Waals surface area contributed by atoms with Crippen LogP contribution in [0.1, 0.15) is 0 Å². The minimum absolute atomic E-state index is 0.155. The number of nitrogens with two attached hydrogens (primary N) is 2. The first kappa shape index (κ1) is 12.5. The molecule has 1 heterocycles. The third kappa shape index (κ3) is 4.76. The quantitative estimate of drug-likeness (QED) is 0.549. The van der Waals surface area contributed by atoms with Crippen LogP contribution in [0.25, 0.3) is 0 Å². The van der Waals surface area contributed by atoms with E-state index in [0.29, 0.717) is 38.0 Å². The topological polar surface area (TPSA) is 108 Å². The largest absolute Gasteiger partial charge is 0.383 e. The predicted octanol–water partition coefficient (Wildman–Crippen LogP) is -0.284. The number of nitrogens with zero attached hydrogens (tertiary/aromatic N) is 2. The van der Waals surface area contributed by atoms with Crippen molar-refractivity contribution in [1.29, 1.82) is 0 Å². The molecule has 16 heavy (non-hydrogen) atoms. The highest BCUT2D eigenvalue weighted by atomic mass is 16.5. The van der Waals surface area contributed by atoms with Crippen molar-refractivity contribution in [2.45, 2.75) is 0 Å². The molecule has 5 N–H and O–H groups in total. The van der Waals surface area contributed by atoms with E-state index in [2.05, 4.69) is 15.3 Å². The van der Waals surface area contributed by atoms with Crippen molar-refractivity contribution >= 4 is 17.6 Å². The zero-order valence-corrected chi connectivity index (χ0v) is 9.27. The molecule has 1 rings (SSSR count).